The van der Waals surface area contributed by atoms with Gasteiger partial charge in [0.05, 0.1) is 0 Å². The molecule has 2 rings (SSSR count). The average Bonchev–Trinajstić information content (AvgIpc) is 2.96. The number of sulfonamides is 1. The van der Waals surface area contributed by atoms with E-state index in [0.29, 0.717) is 0 Å². The first-order chi connectivity index (χ1) is 12.7. The largest absolute Gasteiger partial charge is 0.345 e. The maximum atomic E-state index is 13.8. The third-order valence-corrected chi connectivity index (χ3v) is 5.72. The third-order valence-electron chi connectivity index (χ3n) is 4.00. The molecule has 6 nitrogen and oxygen atoms in total. The molecule has 2 aromatic rings. The number of carbonyl (C=O) groups excluding carboxylic acids is 1. The zero-order valence-corrected chi connectivity index (χ0v) is 17.2. The van der Waals surface area contributed by atoms with Crippen LogP contribution in [0.3, 0.4) is 0 Å². The van der Waals surface area contributed by atoms with Crippen LogP contribution in [0.25, 0.3) is 0 Å². The number of amides is 1. The van der Waals surface area contributed by atoms with Crippen molar-refractivity contribution in [3.05, 3.63) is 35.4 Å². The maximum Gasteiger partial charge on any atom is 0.272 e. The molecule has 0 fully saturated rings. The highest BCUT2D eigenvalue weighted by atomic mass is 32.2. The molecule has 0 aliphatic heterocycles. The molecule has 0 saturated carbocycles. The molecule has 0 unspecified atom stereocenters. The summed E-state index contributed by atoms with van der Waals surface area (Å²) in [5, 5.41) is 2.34. The van der Waals surface area contributed by atoms with Gasteiger partial charge in [-0.2, -0.15) is 0 Å². The van der Waals surface area contributed by atoms with Crippen molar-refractivity contribution in [1.29, 1.82) is 0 Å². The molecule has 0 spiro atoms. The van der Waals surface area contributed by atoms with Gasteiger partial charge in [-0.05, 0) is 37.8 Å². The van der Waals surface area contributed by atoms with Crippen molar-refractivity contribution >= 4 is 48.2 Å². The van der Waals surface area contributed by atoms with Crippen molar-refractivity contribution in [2.75, 3.05) is 5.32 Å². The number of halogens is 3. The molecule has 2 N–H and O–H groups in total. The predicted octanol–water partition coefficient (Wildman–Crippen LogP) is -0.712. The summed E-state index contributed by atoms with van der Waals surface area (Å²) in [6.07, 6.45) is 1.24. The van der Waals surface area contributed by atoms with E-state index in [0.717, 1.165) is 6.07 Å². The van der Waals surface area contributed by atoms with Crippen molar-refractivity contribution in [1.82, 2.24) is 9.29 Å². The minimum atomic E-state index is -3.88. The number of nitrogens with zero attached hydrogens (tertiary/aromatic N) is 1. The van der Waals surface area contributed by atoms with Gasteiger partial charge in [0.2, 0.25) is 10.0 Å². The van der Waals surface area contributed by atoms with E-state index in [9.17, 15) is 26.4 Å². The number of hydrogen-bond acceptors (Lipinski definition) is 3. The summed E-state index contributed by atoms with van der Waals surface area (Å²) >= 11 is 0. The first-order valence-corrected chi connectivity index (χ1v) is 9.79. The Labute approximate surface area is 163 Å². The fraction of sp³-hybridized carbons (Fsp3) is 0.312. The number of rotatable bonds is 4. The molecule has 0 aliphatic carbocycles. The maximum absolute atomic E-state index is 13.8. The molecule has 1 aromatic heterocycles. The third kappa shape index (κ3) is 4.27. The highest BCUT2D eigenvalue weighted by Crippen LogP contribution is 2.18. The van der Waals surface area contributed by atoms with Gasteiger partial charge in [-0.1, -0.05) is 0 Å². The molecule has 0 radical (unpaired) electrons. The molecule has 0 bridgehead atoms. The van der Waals surface area contributed by atoms with Crippen molar-refractivity contribution in [2.24, 2.45) is 7.05 Å². The number of nitrogens with one attached hydrogen (secondary N) is 2. The Hall–Kier alpha value is -2.20. The van der Waals surface area contributed by atoms with E-state index in [1.54, 1.807) is 20.8 Å². The zero-order chi connectivity index (χ0) is 21.6. The Kier molecular flexibility index (Phi) is 5.78. The van der Waals surface area contributed by atoms with E-state index in [-0.39, 0.29) is 27.2 Å². The molecule has 150 valence electrons. The molecule has 1 heterocycles. The molecule has 28 heavy (non-hydrogen) atoms. The van der Waals surface area contributed by atoms with Crippen LogP contribution in [0.1, 0.15) is 31.3 Å². The van der Waals surface area contributed by atoms with Crippen LogP contribution in [0.5, 0.6) is 0 Å². The van der Waals surface area contributed by atoms with Gasteiger partial charge in [-0.25, -0.2) is 26.3 Å². The molecule has 1 aromatic carbocycles. The monoisotopic (exact) mass is 413 g/mol. The lowest BCUT2D eigenvalue weighted by molar-refractivity contribution is 0.101. The van der Waals surface area contributed by atoms with Gasteiger partial charge in [0, 0.05) is 24.5 Å². The number of aromatic nitrogens is 1. The van der Waals surface area contributed by atoms with E-state index in [2.05, 4.69) is 10.0 Å². The summed E-state index contributed by atoms with van der Waals surface area (Å²) in [5.74, 6) is -5.21. The standard InChI is InChI=1S/C16H20B2F3N3O3S/c1-16(2,3)23-28(26,27)7-5-8(24(4)6-7)15(25)22-14-9(17)11(19)13(21)12(20)10(14)18/h5-6,23H,17-18H2,1-4H3,(H,22,25). The second-order valence-electron chi connectivity index (χ2n) is 7.55. The lowest BCUT2D eigenvalue weighted by Crippen LogP contribution is -2.40. The zero-order valence-electron chi connectivity index (χ0n) is 16.4. The van der Waals surface area contributed by atoms with Crippen LogP contribution in [0.15, 0.2) is 17.2 Å². The van der Waals surface area contributed by atoms with Crippen LogP contribution in [-0.4, -0.2) is 40.1 Å². The van der Waals surface area contributed by atoms with E-state index >= 15 is 0 Å². The van der Waals surface area contributed by atoms with Crippen molar-refractivity contribution < 1.29 is 26.4 Å². The molecule has 12 heteroatoms. The molecule has 0 atom stereocenters. The smallest absolute Gasteiger partial charge is 0.272 e. The summed E-state index contributed by atoms with van der Waals surface area (Å²) in [6.45, 7) is 5.01. The van der Waals surface area contributed by atoms with Crippen LogP contribution in [0.2, 0.25) is 0 Å². The number of hydrogen-bond donors (Lipinski definition) is 2. The summed E-state index contributed by atoms with van der Waals surface area (Å²) in [7, 11) is -0.0210. The van der Waals surface area contributed by atoms with E-state index in [4.69, 9.17) is 0 Å². The number of carbonyl (C=O) groups is 1. The van der Waals surface area contributed by atoms with Gasteiger partial charge >= 0.3 is 0 Å². The van der Waals surface area contributed by atoms with E-state index in [1.165, 1.54) is 33.5 Å². The fourth-order valence-corrected chi connectivity index (χ4v) is 4.15. The lowest BCUT2D eigenvalue weighted by atomic mass is 9.83. The predicted molar refractivity (Wildman–Crippen MR) is 106 cm³/mol. The summed E-state index contributed by atoms with van der Waals surface area (Å²) < 4.78 is 69.7. The van der Waals surface area contributed by atoms with Gasteiger partial charge in [0.15, 0.2) is 17.5 Å². The minimum Gasteiger partial charge on any atom is -0.345 e. The lowest BCUT2D eigenvalue weighted by Gasteiger charge is -2.19. The van der Waals surface area contributed by atoms with Gasteiger partial charge < -0.3 is 9.88 Å². The summed E-state index contributed by atoms with van der Waals surface area (Å²) in [4.78, 5) is 12.4. The van der Waals surface area contributed by atoms with Gasteiger partial charge in [-0.15, -0.1) is 0 Å². The Morgan fingerprint density at radius 2 is 1.57 bits per heavy atom. The first kappa shape index (κ1) is 22.1. The molecule has 0 aliphatic rings. The number of anilines is 1. The Morgan fingerprint density at radius 3 is 2.04 bits per heavy atom. The average molecular weight is 413 g/mol. The SMILES string of the molecule is Bc1c(F)c(F)c(F)c(B)c1NC(=O)c1cc(S(=O)(=O)NC(C)(C)C)cn1C. The van der Waals surface area contributed by atoms with Crippen molar-refractivity contribution in [2.45, 2.75) is 31.2 Å². The van der Waals surface area contributed by atoms with Crippen LogP contribution >= 0.6 is 0 Å². The number of aryl methyl sites for hydroxylation is 1. The normalized spacial score (nSPS) is 12.2. The fourth-order valence-electron chi connectivity index (χ4n) is 2.66. The van der Waals surface area contributed by atoms with Crippen LogP contribution in [0.4, 0.5) is 18.9 Å². The highest BCUT2D eigenvalue weighted by Gasteiger charge is 2.26. The summed E-state index contributed by atoms with van der Waals surface area (Å²) in [5.41, 5.74) is -1.52. The Balaban J connectivity index is 2.42. The number of benzene rings is 1. The minimum absolute atomic E-state index is 0.0572. The molecule has 0 saturated heterocycles. The van der Waals surface area contributed by atoms with Crippen molar-refractivity contribution in [3.8, 4) is 0 Å². The van der Waals surface area contributed by atoms with Crippen LogP contribution in [-0.2, 0) is 17.1 Å². The topological polar surface area (TPSA) is 80.2 Å². The molecule has 1 amide bonds. The van der Waals surface area contributed by atoms with E-state index in [1.807, 2.05) is 0 Å². The first-order valence-electron chi connectivity index (χ1n) is 8.31. The Bertz CT molecular complexity index is 1030. The summed E-state index contributed by atoms with van der Waals surface area (Å²) in [6, 6.07) is 1.14. The van der Waals surface area contributed by atoms with Gasteiger partial charge in [0.25, 0.3) is 5.91 Å². The van der Waals surface area contributed by atoms with Gasteiger partial charge in [-0.3, -0.25) is 4.79 Å². The van der Waals surface area contributed by atoms with Crippen molar-refractivity contribution in [3.63, 3.8) is 0 Å². The molecular formula is C16H20B2F3N3O3S. The second kappa shape index (κ2) is 7.32. The van der Waals surface area contributed by atoms with Crippen LogP contribution < -0.4 is 21.0 Å². The Morgan fingerprint density at radius 1 is 1.07 bits per heavy atom. The second-order valence-corrected chi connectivity index (χ2v) is 9.23. The van der Waals surface area contributed by atoms with Gasteiger partial charge in [0.1, 0.15) is 26.3 Å². The van der Waals surface area contributed by atoms with E-state index < -0.39 is 38.9 Å². The molecular weight excluding hydrogens is 393 g/mol. The highest BCUT2D eigenvalue weighted by molar-refractivity contribution is 7.89. The van der Waals surface area contributed by atoms with Crippen LogP contribution in [0, 0.1) is 17.5 Å². The quantitative estimate of drug-likeness (QED) is 0.514.